The lowest BCUT2D eigenvalue weighted by molar-refractivity contribution is -0.122. The van der Waals surface area contributed by atoms with Crippen LogP contribution >= 0.6 is 0 Å². The summed E-state index contributed by atoms with van der Waals surface area (Å²) in [4.78, 5) is 37.9. The number of fused-ring (bicyclic) bond motifs is 2. The van der Waals surface area contributed by atoms with Crippen LogP contribution in [0.2, 0.25) is 0 Å². The molecule has 0 fully saturated rings. The molecule has 1 amide bonds. The molecule has 0 aliphatic heterocycles. The second-order valence-electron chi connectivity index (χ2n) is 6.22. The van der Waals surface area contributed by atoms with Gasteiger partial charge in [0.15, 0.2) is 0 Å². The third-order valence-corrected chi connectivity index (χ3v) is 4.40. The van der Waals surface area contributed by atoms with Gasteiger partial charge < -0.3 is 5.32 Å². The smallest absolute Gasteiger partial charge is 0.261 e. The Morgan fingerprint density at radius 2 is 2.07 bits per heavy atom. The molecule has 0 bridgehead atoms. The molecule has 1 atom stereocenters. The van der Waals surface area contributed by atoms with Crippen molar-refractivity contribution in [1.29, 1.82) is 0 Å². The first-order valence-corrected chi connectivity index (χ1v) is 8.69. The first kappa shape index (κ1) is 16.9. The number of amides is 1. The molecule has 27 heavy (non-hydrogen) atoms. The van der Waals surface area contributed by atoms with Gasteiger partial charge in [-0.05, 0) is 24.6 Å². The summed E-state index contributed by atoms with van der Waals surface area (Å²) in [5.41, 5.74) is 1.11. The number of carbonyl (C=O) groups excluding carboxylic acids is 1. The van der Waals surface area contributed by atoms with Crippen molar-refractivity contribution >= 4 is 22.6 Å². The van der Waals surface area contributed by atoms with Gasteiger partial charge in [0.25, 0.3) is 5.56 Å². The molecule has 0 aliphatic rings. The van der Waals surface area contributed by atoms with Gasteiger partial charge >= 0.3 is 0 Å². The number of nitrogens with one attached hydrogen (secondary N) is 1. The Bertz CT molecular complexity index is 1150. The fourth-order valence-electron chi connectivity index (χ4n) is 3.01. The highest BCUT2D eigenvalue weighted by molar-refractivity contribution is 5.79. The van der Waals surface area contributed by atoms with E-state index in [1.807, 2.05) is 35.9 Å². The predicted octanol–water partition coefficient (Wildman–Crippen LogP) is 1.71. The minimum Gasteiger partial charge on any atom is -0.346 e. The molecule has 3 aromatic heterocycles. The van der Waals surface area contributed by atoms with Crippen LogP contribution in [0.15, 0.2) is 60.0 Å². The first-order chi connectivity index (χ1) is 13.2. The molecule has 0 unspecified atom stereocenters. The zero-order valence-electron chi connectivity index (χ0n) is 14.7. The quantitative estimate of drug-likeness (QED) is 0.583. The molecule has 4 aromatic rings. The average molecular weight is 362 g/mol. The Morgan fingerprint density at radius 1 is 1.22 bits per heavy atom. The number of aromatic nitrogens is 5. The maximum absolute atomic E-state index is 12.5. The third kappa shape index (κ3) is 3.29. The van der Waals surface area contributed by atoms with Crippen LogP contribution in [0.5, 0.6) is 0 Å². The topological polar surface area (TPSA) is 94.2 Å². The Kier molecular flexibility index (Phi) is 4.37. The van der Waals surface area contributed by atoms with Crippen molar-refractivity contribution in [3.05, 3.63) is 71.3 Å². The van der Waals surface area contributed by atoms with Gasteiger partial charge in [-0.1, -0.05) is 19.1 Å². The fourth-order valence-corrected chi connectivity index (χ4v) is 3.01. The molecule has 136 valence electrons. The number of hydrogen-bond donors (Lipinski definition) is 1. The van der Waals surface area contributed by atoms with Crippen molar-refractivity contribution in [3.63, 3.8) is 0 Å². The van der Waals surface area contributed by atoms with Crippen LogP contribution in [0.3, 0.4) is 0 Å². The van der Waals surface area contributed by atoms with Crippen LogP contribution < -0.4 is 10.9 Å². The van der Waals surface area contributed by atoms with E-state index in [2.05, 4.69) is 20.3 Å². The van der Waals surface area contributed by atoms with E-state index in [1.165, 1.54) is 10.9 Å². The largest absolute Gasteiger partial charge is 0.346 e. The third-order valence-electron chi connectivity index (χ3n) is 4.40. The standard InChI is InChI=1S/C19H18N6O2/c1-2-14(16-10-24-9-5-8-20-19(24)23-16)22-17(26)11-25-12-21-15-7-4-3-6-13(15)18(25)27/h3-10,12,14H,2,11H2,1H3,(H,22,26)/t14-/m0/s1. The van der Waals surface area contributed by atoms with E-state index < -0.39 is 0 Å². The second-order valence-corrected chi connectivity index (χ2v) is 6.22. The normalized spacial score (nSPS) is 12.3. The van der Waals surface area contributed by atoms with Crippen LogP contribution in [0.4, 0.5) is 0 Å². The summed E-state index contributed by atoms with van der Waals surface area (Å²) in [6, 6.07) is 8.63. The SMILES string of the molecule is CC[C@H](NC(=O)Cn1cnc2ccccc2c1=O)c1cn2cccnc2n1. The molecule has 3 heterocycles. The lowest BCUT2D eigenvalue weighted by atomic mass is 10.1. The number of imidazole rings is 1. The zero-order valence-corrected chi connectivity index (χ0v) is 14.7. The Labute approximate surface area is 154 Å². The van der Waals surface area contributed by atoms with E-state index in [9.17, 15) is 9.59 Å². The van der Waals surface area contributed by atoms with E-state index in [0.29, 0.717) is 23.1 Å². The summed E-state index contributed by atoms with van der Waals surface area (Å²) < 4.78 is 3.12. The summed E-state index contributed by atoms with van der Waals surface area (Å²) in [5.74, 6) is 0.307. The maximum Gasteiger partial charge on any atom is 0.261 e. The van der Waals surface area contributed by atoms with Crippen molar-refractivity contribution in [3.8, 4) is 0 Å². The number of rotatable bonds is 5. The van der Waals surface area contributed by atoms with Crippen molar-refractivity contribution in [2.45, 2.75) is 25.9 Å². The van der Waals surface area contributed by atoms with E-state index in [1.54, 1.807) is 24.4 Å². The van der Waals surface area contributed by atoms with Gasteiger partial charge in [0, 0.05) is 18.6 Å². The van der Waals surface area contributed by atoms with Crippen LogP contribution in [-0.4, -0.2) is 29.8 Å². The maximum atomic E-state index is 12.5. The summed E-state index contributed by atoms with van der Waals surface area (Å²) in [6.45, 7) is 1.87. The van der Waals surface area contributed by atoms with Gasteiger partial charge in [0.1, 0.15) is 6.54 Å². The van der Waals surface area contributed by atoms with Gasteiger partial charge in [-0.25, -0.2) is 15.0 Å². The molecule has 4 rings (SSSR count). The lowest BCUT2D eigenvalue weighted by Gasteiger charge is -2.15. The molecule has 1 N–H and O–H groups in total. The van der Waals surface area contributed by atoms with Crippen molar-refractivity contribution in [2.75, 3.05) is 0 Å². The molecule has 8 heteroatoms. The van der Waals surface area contributed by atoms with Gasteiger partial charge in [0.2, 0.25) is 11.7 Å². The lowest BCUT2D eigenvalue weighted by Crippen LogP contribution is -2.34. The summed E-state index contributed by atoms with van der Waals surface area (Å²) in [7, 11) is 0. The highest BCUT2D eigenvalue weighted by Gasteiger charge is 2.17. The molecule has 0 saturated heterocycles. The van der Waals surface area contributed by atoms with Gasteiger partial charge in [-0.15, -0.1) is 0 Å². The van der Waals surface area contributed by atoms with Crippen LogP contribution in [0.1, 0.15) is 25.1 Å². The number of nitrogens with zero attached hydrogens (tertiary/aromatic N) is 5. The molecule has 1 aromatic carbocycles. The van der Waals surface area contributed by atoms with Crippen LogP contribution in [-0.2, 0) is 11.3 Å². The van der Waals surface area contributed by atoms with Gasteiger partial charge in [0.05, 0.1) is 29.0 Å². The van der Waals surface area contributed by atoms with E-state index in [0.717, 1.165) is 5.69 Å². The molecule has 0 radical (unpaired) electrons. The number of para-hydroxylation sites is 1. The Hall–Kier alpha value is -3.55. The molecule has 0 saturated carbocycles. The molecular formula is C19H18N6O2. The summed E-state index contributed by atoms with van der Waals surface area (Å²) in [6.07, 6.45) is 7.44. The van der Waals surface area contributed by atoms with Gasteiger partial charge in [-0.2, -0.15) is 0 Å². The minimum absolute atomic E-state index is 0.0984. The fraction of sp³-hybridized carbons (Fsp3) is 0.211. The minimum atomic E-state index is -0.272. The van der Waals surface area contributed by atoms with Crippen molar-refractivity contribution in [1.82, 2.24) is 29.2 Å². The first-order valence-electron chi connectivity index (χ1n) is 8.69. The number of benzene rings is 1. The second kappa shape index (κ2) is 6.99. The van der Waals surface area contributed by atoms with Crippen LogP contribution in [0.25, 0.3) is 16.7 Å². The Morgan fingerprint density at radius 3 is 2.89 bits per heavy atom. The van der Waals surface area contributed by atoms with E-state index in [-0.39, 0.29) is 24.1 Å². The highest BCUT2D eigenvalue weighted by Crippen LogP contribution is 2.15. The molecular weight excluding hydrogens is 344 g/mol. The van der Waals surface area contributed by atoms with Crippen molar-refractivity contribution < 1.29 is 4.79 Å². The van der Waals surface area contributed by atoms with Crippen LogP contribution in [0, 0.1) is 0 Å². The number of hydrogen-bond acceptors (Lipinski definition) is 5. The number of carbonyl (C=O) groups is 1. The molecule has 8 nitrogen and oxygen atoms in total. The summed E-state index contributed by atoms with van der Waals surface area (Å²) in [5, 5.41) is 3.43. The van der Waals surface area contributed by atoms with E-state index >= 15 is 0 Å². The average Bonchev–Trinajstić information content (AvgIpc) is 3.12. The predicted molar refractivity (Wildman–Crippen MR) is 100 cm³/mol. The highest BCUT2D eigenvalue weighted by atomic mass is 16.2. The Balaban J connectivity index is 1.54. The van der Waals surface area contributed by atoms with Gasteiger partial charge in [-0.3, -0.25) is 18.6 Å². The van der Waals surface area contributed by atoms with E-state index in [4.69, 9.17) is 0 Å². The molecule has 0 spiro atoms. The monoisotopic (exact) mass is 362 g/mol. The zero-order chi connectivity index (χ0) is 18.8. The molecule has 0 aliphatic carbocycles. The summed E-state index contributed by atoms with van der Waals surface area (Å²) >= 11 is 0. The van der Waals surface area contributed by atoms with Crippen molar-refractivity contribution in [2.24, 2.45) is 0 Å².